The molecule has 9 heavy (non-hydrogen) atoms. The van der Waals surface area contributed by atoms with Crippen LogP contribution in [0.15, 0.2) is 0 Å². The maximum atomic E-state index is 9.80. The van der Waals surface area contributed by atoms with Crippen molar-refractivity contribution in [1.82, 2.24) is 11.0 Å². The smallest absolute Gasteiger partial charge is 0.350 e. The Morgan fingerprint density at radius 3 is 2.22 bits per heavy atom. The van der Waals surface area contributed by atoms with Crippen molar-refractivity contribution in [3.8, 4) is 0 Å². The number of amides is 3. The number of nitrogens with two attached hydrogens (primary N) is 2. The zero-order chi connectivity index (χ0) is 7.28. The predicted octanol–water partition coefficient (Wildman–Crippen LogP) is -1.83. The van der Waals surface area contributed by atoms with E-state index in [1.807, 2.05) is 0 Å². The highest BCUT2D eigenvalue weighted by atomic mass is 16.7. The Hall–Kier alpha value is -1.50. The minimum absolute atomic E-state index is 0.878. The summed E-state index contributed by atoms with van der Waals surface area (Å²) in [7, 11) is 0. The van der Waals surface area contributed by atoms with E-state index >= 15 is 0 Å². The van der Waals surface area contributed by atoms with Crippen LogP contribution < -0.4 is 22.5 Å². The van der Waals surface area contributed by atoms with Crippen molar-refractivity contribution in [2.24, 2.45) is 11.5 Å². The number of nitrogens with one attached hydrogen (secondary N) is 2. The summed E-state index contributed by atoms with van der Waals surface area (Å²) in [4.78, 5) is 23.4. The molecule has 0 aliphatic rings. The second-order valence-corrected chi connectivity index (χ2v) is 1.01. The van der Waals surface area contributed by atoms with Crippen molar-refractivity contribution in [3.05, 3.63) is 0 Å². The molecule has 0 aromatic carbocycles. The van der Waals surface area contributed by atoms with Crippen molar-refractivity contribution >= 4 is 12.1 Å². The first-order chi connectivity index (χ1) is 4.13. The van der Waals surface area contributed by atoms with Crippen LogP contribution in [0, 0.1) is 0 Å². The molecule has 7 heteroatoms. The zero-order valence-corrected chi connectivity index (χ0v) is 4.38. The molecule has 3 amide bonds. The Balaban J connectivity index is 3.10. The minimum atomic E-state index is -1.07. The highest BCUT2D eigenvalue weighted by molar-refractivity contribution is 5.71. The van der Waals surface area contributed by atoms with Crippen LogP contribution in [0.25, 0.3) is 0 Å². The third kappa shape index (κ3) is 6.50. The van der Waals surface area contributed by atoms with Crippen molar-refractivity contribution in [1.29, 1.82) is 0 Å². The normalized spacial score (nSPS) is 8.00. The maximum Gasteiger partial charge on any atom is 0.425 e. The molecule has 0 fully saturated rings. The third-order valence-electron chi connectivity index (χ3n) is 0.326. The van der Waals surface area contributed by atoms with Crippen LogP contribution in [0.2, 0.25) is 0 Å². The van der Waals surface area contributed by atoms with Crippen molar-refractivity contribution in [2.75, 3.05) is 0 Å². The number of carbonyl (C=O) groups is 2. The number of rotatable bonds is 2. The van der Waals surface area contributed by atoms with E-state index in [4.69, 9.17) is 0 Å². The van der Waals surface area contributed by atoms with Crippen molar-refractivity contribution in [2.45, 2.75) is 0 Å². The van der Waals surface area contributed by atoms with Gasteiger partial charge in [0, 0.05) is 0 Å². The summed E-state index contributed by atoms with van der Waals surface area (Å²) >= 11 is 0. The second-order valence-electron chi connectivity index (χ2n) is 1.01. The first kappa shape index (κ1) is 7.50. The molecule has 0 heterocycles. The Morgan fingerprint density at radius 1 is 1.33 bits per heavy atom. The lowest BCUT2D eigenvalue weighted by molar-refractivity contribution is 0.0797. The molecule has 0 aromatic heterocycles. The van der Waals surface area contributed by atoms with Gasteiger partial charge in [0.25, 0.3) is 0 Å². The van der Waals surface area contributed by atoms with Gasteiger partial charge in [-0.05, 0) is 0 Å². The molecular formula is C2H6N4O3. The lowest BCUT2D eigenvalue weighted by atomic mass is 11.1. The SMILES string of the molecule is NC(=O)NNOC(N)=O. The van der Waals surface area contributed by atoms with E-state index in [2.05, 4.69) is 16.3 Å². The average Bonchev–Trinajstić information content (AvgIpc) is 1.63. The molecule has 0 radical (unpaired) electrons. The van der Waals surface area contributed by atoms with Gasteiger partial charge in [-0.25, -0.2) is 15.0 Å². The number of hydrogen-bond acceptors (Lipinski definition) is 4. The van der Waals surface area contributed by atoms with Crippen LogP contribution in [0.4, 0.5) is 9.59 Å². The fraction of sp³-hybridized carbons (Fsp3) is 0. The molecule has 0 saturated carbocycles. The Kier molecular flexibility index (Phi) is 2.91. The molecule has 6 N–H and O–H groups in total. The topological polar surface area (TPSA) is 119 Å². The van der Waals surface area contributed by atoms with Crippen LogP contribution in [0.3, 0.4) is 0 Å². The molecular weight excluding hydrogens is 128 g/mol. The summed E-state index contributed by atoms with van der Waals surface area (Å²) < 4.78 is 0. The number of carbonyl (C=O) groups excluding carboxylic acids is 2. The van der Waals surface area contributed by atoms with Gasteiger partial charge in [0.05, 0.1) is 0 Å². The van der Waals surface area contributed by atoms with Gasteiger partial charge >= 0.3 is 12.1 Å². The van der Waals surface area contributed by atoms with Gasteiger partial charge in [0.2, 0.25) is 0 Å². The Labute approximate surface area is 50.2 Å². The summed E-state index contributed by atoms with van der Waals surface area (Å²) in [5.74, 6) is 0. The van der Waals surface area contributed by atoms with Crippen LogP contribution in [-0.4, -0.2) is 12.1 Å². The summed E-state index contributed by atoms with van der Waals surface area (Å²) in [6.45, 7) is 0. The summed E-state index contributed by atoms with van der Waals surface area (Å²) in [5.41, 5.74) is 12.4. The molecule has 0 spiro atoms. The van der Waals surface area contributed by atoms with Crippen LogP contribution in [0.1, 0.15) is 0 Å². The van der Waals surface area contributed by atoms with Gasteiger partial charge < -0.3 is 16.3 Å². The van der Waals surface area contributed by atoms with E-state index in [0.717, 1.165) is 0 Å². The Bertz CT molecular complexity index is 109. The third-order valence-corrected chi connectivity index (χ3v) is 0.326. The van der Waals surface area contributed by atoms with Crippen LogP contribution in [-0.2, 0) is 4.84 Å². The summed E-state index contributed by atoms with van der Waals surface area (Å²) in [6.07, 6.45) is -1.07. The molecule has 0 aliphatic carbocycles. The molecule has 52 valence electrons. The first-order valence-electron chi connectivity index (χ1n) is 1.89. The fourth-order valence-electron chi connectivity index (χ4n) is 0.126. The lowest BCUT2D eigenvalue weighted by Crippen LogP contribution is -2.43. The molecule has 0 atom stereocenters. The lowest BCUT2D eigenvalue weighted by Gasteiger charge is -1.99. The van der Waals surface area contributed by atoms with Crippen molar-refractivity contribution in [3.63, 3.8) is 0 Å². The van der Waals surface area contributed by atoms with Gasteiger partial charge in [-0.2, -0.15) is 0 Å². The predicted molar refractivity (Wildman–Crippen MR) is 26.5 cm³/mol. The monoisotopic (exact) mass is 134 g/mol. The zero-order valence-electron chi connectivity index (χ0n) is 4.38. The van der Waals surface area contributed by atoms with Crippen LogP contribution in [0.5, 0.6) is 0 Å². The fourth-order valence-corrected chi connectivity index (χ4v) is 0.126. The van der Waals surface area contributed by atoms with Gasteiger partial charge in [-0.15, -0.1) is 0 Å². The maximum absolute atomic E-state index is 9.80. The standard InChI is InChI=1S/C2H6N4O3/c3-1(7)5-6-9-2(4)8/h6H,(H2,4,8)(H3,3,5,7). The highest BCUT2D eigenvalue weighted by Gasteiger charge is 1.91. The number of hydrazine groups is 1. The van der Waals surface area contributed by atoms with Gasteiger partial charge in [-0.3, -0.25) is 0 Å². The molecule has 0 aromatic rings. The van der Waals surface area contributed by atoms with Gasteiger partial charge in [0.15, 0.2) is 0 Å². The molecule has 0 unspecified atom stereocenters. The Morgan fingerprint density at radius 2 is 1.89 bits per heavy atom. The molecule has 0 bridgehead atoms. The number of hydrogen-bond donors (Lipinski definition) is 4. The largest absolute Gasteiger partial charge is 0.425 e. The average molecular weight is 134 g/mol. The minimum Gasteiger partial charge on any atom is -0.350 e. The van der Waals surface area contributed by atoms with Gasteiger partial charge in [-0.1, -0.05) is 5.59 Å². The number of primary amides is 2. The van der Waals surface area contributed by atoms with E-state index < -0.39 is 12.1 Å². The summed E-state index contributed by atoms with van der Waals surface area (Å²) in [6, 6.07) is -0.878. The highest BCUT2D eigenvalue weighted by Crippen LogP contribution is 1.58. The molecule has 7 nitrogen and oxygen atoms in total. The van der Waals surface area contributed by atoms with E-state index in [-0.39, 0.29) is 0 Å². The number of urea groups is 1. The molecule has 0 saturated heterocycles. The van der Waals surface area contributed by atoms with Crippen molar-refractivity contribution < 1.29 is 14.4 Å². The molecule has 0 rings (SSSR count). The molecule has 0 aliphatic heterocycles. The van der Waals surface area contributed by atoms with E-state index in [9.17, 15) is 9.59 Å². The first-order valence-corrected chi connectivity index (χ1v) is 1.89. The van der Waals surface area contributed by atoms with E-state index in [1.165, 1.54) is 0 Å². The van der Waals surface area contributed by atoms with Gasteiger partial charge in [0.1, 0.15) is 0 Å². The van der Waals surface area contributed by atoms with E-state index in [1.54, 1.807) is 11.0 Å². The van der Waals surface area contributed by atoms with E-state index in [0.29, 0.717) is 0 Å². The van der Waals surface area contributed by atoms with Crippen LogP contribution >= 0.6 is 0 Å². The second kappa shape index (κ2) is 3.50. The summed E-state index contributed by atoms with van der Waals surface area (Å²) in [5, 5.41) is 0. The quantitative estimate of drug-likeness (QED) is 0.332.